The second-order valence-corrected chi connectivity index (χ2v) is 5.11. The Kier molecular flexibility index (Phi) is 4.93. The average molecular weight is 314 g/mol. The number of fused-ring (bicyclic) bond motifs is 1. The highest BCUT2D eigenvalue weighted by molar-refractivity contribution is 5.77. The second kappa shape index (κ2) is 7.49. The number of hydrogen-bond donors (Lipinski definition) is 1. The van der Waals surface area contributed by atoms with Crippen LogP contribution in [0.4, 0.5) is 0 Å². The number of ether oxygens (including phenoxy) is 3. The van der Waals surface area contributed by atoms with E-state index in [1.165, 1.54) is 0 Å². The average Bonchev–Trinajstić information content (AvgIpc) is 2.61. The van der Waals surface area contributed by atoms with Gasteiger partial charge in [-0.15, -0.1) is 0 Å². The first kappa shape index (κ1) is 15.1. The zero-order valence-corrected chi connectivity index (χ0v) is 12.6. The first-order valence-corrected chi connectivity index (χ1v) is 7.49. The molecule has 1 atom stereocenters. The Morgan fingerprint density at radius 2 is 2.13 bits per heavy atom. The molecule has 6 heteroatoms. The number of rotatable bonds is 6. The van der Waals surface area contributed by atoms with Crippen molar-refractivity contribution in [2.75, 3.05) is 19.8 Å². The minimum atomic E-state index is -0.175. The van der Waals surface area contributed by atoms with Crippen LogP contribution in [0.5, 0.6) is 17.2 Å². The van der Waals surface area contributed by atoms with Gasteiger partial charge in [0.2, 0.25) is 0 Å². The van der Waals surface area contributed by atoms with Crippen LogP contribution in [-0.4, -0.2) is 36.8 Å². The van der Waals surface area contributed by atoms with Crippen molar-refractivity contribution in [3.05, 3.63) is 48.8 Å². The Morgan fingerprint density at radius 3 is 2.96 bits per heavy atom. The van der Waals surface area contributed by atoms with E-state index < -0.39 is 0 Å². The first-order chi connectivity index (χ1) is 11.3. The van der Waals surface area contributed by atoms with E-state index in [1.54, 1.807) is 24.5 Å². The molecule has 0 spiro atoms. The molecule has 0 aliphatic carbocycles. The number of carbonyl (C=O) groups is 1. The van der Waals surface area contributed by atoms with Crippen LogP contribution in [0.25, 0.3) is 0 Å². The lowest BCUT2D eigenvalue weighted by Gasteiger charge is -2.26. The molecule has 6 nitrogen and oxygen atoms in total. The molecule has 1 aromatic carbocycles. The van der Waals surface area contributed by atoms with Crippen molar-refractivity contribution in [3.8, 4) is 17.2 Å². The third-order valence-corrected chi connectivity index (χ3v) is 3.36. The van der Waals surface area contributed by atoms with Gasteiger partial charge in [-0.25, -0.2) is 0 Å². The normalized spacial score (nSPS) is 15.7. The highest BCUT2D eigenvalue weighted by Crippen LogP contribution is 2.31. The molecule has 1 amide bonds. The van der Waals surface area contributed by atoms with Gasteiger partial charge >= 0.3 is 0 Å². The van der Waals surface area contributed by atoms with Crippen molar-refractivity contribution in [3.63, 3.8) is 0 Å². The fourth-order valence-corrected chi connectivity index (χ4v) is 2.21. The molecule has 3 rings (SSSR count). The number of amides is 1. The van der Waals surface area contributed by atoms with Gasteiger partial charge in [0.15, 0.2) is 18.1 Å². The van der Waals surface area contributed by atoms with Crippen molar-refractivity contribution >= 4 is 5.91 Å². The maximum absolute atomic E-state index is 11.7. The van der Waals surface area contributed by atoms with Crippen LogP contribution in [0.15, 0.2) is 48.8 Å². The van der Waals surface area contributed by atoms with Crippen molar-refractivity contribution < 1.29 is 19.0 Å². The molecule has 1 aromatic heterocycles. The number of aromatic nitrogens is 1. The molecule has 120 valence electrons. The van der Waals surface area contributed by atoms with Gasteiger partial charge in [0.25, 0.3) is 5.91 Å². The maximum atomic E-state index is 11.7. The monoisotopic (exact) mass is 314 g/mol. The summed E-state index contributed by atoms with van der Waals surface area (Å²) in [5.74, 6) is 1.90. The number of benzene rings is 1. The van der Waals surface area contributed by atoms with E-state index in [4.69, 9.17) is 14.2 Å². The summed E-state index contributed by atoms with van der Waals surface area (Å²) >= 11 is 0. The highest BCUT2D eigenvalue weighted by Gasteiger charge is 2.20. The number of nitrogens with zero attached hydrogens (tertiary/aromatic N) is 1. The molecule has 1 aliphatic heterocycles. The predicted molar refractivity (Wildman–Crippen MR) is 83.7 cm³/mol. The third kappa shape index (κ3) is 4.35. The van der Waals surface area contributed by atoms with Crippen LogP contribution in [0.3, 0.4) is 0 Å². The predicted octanol–water partition coefficient (Wildman–Crippen LogP) is 1.81. The quantitative estimate of drug-likeness (QED) is 0.880. The summed E-state index contributed by atoms with van der Waals surface area (Å²) < 4.78 is 16.8. The molecular formula is C17H18N2O4. The van der Waals surface area contributed by atoms with Crippen LogP contribution in [0.2, 0.25) is 0 Å². The number of nitrogens with one attached hydrogen (secondary N) is 1. The molecule has 0 fully saturated rings. The van der Waals surface area contributed by atoms with Crippen molar-refractivity contribution in [2.24, 2.45) is 0 Å². The van der Waals surface area contributed by atoms with Crippen LogP contribution >= 0.6 is 0 Å². The summed E-state index contributed by atoms with van der Waals surface area (Å²) in [6.07, 6.45) is 3.83. The van der Waals surface area contributed by atoms with Gasteiger partial charge in [0.1, 0.15) is 18.5 Å². The Labute approximate surface area is 134 Å². The summed E-state index contributed by atoms with van der Waals surface area (Å²) in [4.78, 5) is 15.6. The van der Waals surface area contributed by atoms with E-state index >= 15 is 0 Å². The largest absolute Gasteiger partial charge is 0.486 e. The van der Waals surface area contributed by atoms with Crippen LogP contribution in [0, 0.1) is 0 Å². The van der Waals surface area contributed by atoms with E-state index in [9.17, 15) is 4.79 Å². The summed E-state index contributed by atoms with van der Waals surface area (Å²) in [5.41, 5.74) is 0. The summed E-state index contributed by atoms with van der Waals surface area (Å²) in [6.45, 7) is 0.959. The van der Waals surface area contributed by atoms with Crippen LogP contribution in [0.1, 0.15) is 6.42 Å². The molecule has 0 saturated heterocycles. The molecule has 2 heterocycles. The molecule has 23 heavy (non-hydrogen) atoms. The molecule has 2 aromatic rings. The van der Waals surface area contributed by atoms with Crippen molar-refractivity contribution in [2.45, 2.75) is 12.5 Å². The van der Waals surface area contributed by atoms with E-state index in [-0.39, 0.29) is 18.6 Å². The van der Waals surface area contributed by atoms with E-state index in [0.717, 1.165) is 11.5 Å². The fraction of sp³-hybridized carbons (Fsp3) is 0.294. The lowest BCUT2D eigenvalue weighted by atomic mass is 10.2. The molecule has 1 N–H and O–H groups in total. The van der Waals surface area contributed by atoms with E-state index in [0.29, 0.717) is 25.3 Å². The standard InChI is InChI=1S/C17H18N2O4/c20-17(12-21-13-4-3-8-18-10-13)19-9-7-14-11-22-15-5-1-2-6-16(15)23-14/h1-6,8,10,14H,7,9,11-12H2,(H,19,20). The number of carbonyl (C=O) groups excluding carboxylic acids is 1. The van der Waals surface area contributed by atoms with Gasteiger partial charge < -0.3 is 19.5 Å². The van der Waals surface area contributed by atoms with Gasteiger partial charge in [-0.05, 0) is 24.3 Å². The summed E-state index contributed by atoms with van der Waals surface area (Å²) in [7, 11) is 0. The van der Waals surface area contributed by atoms with Gasteiger partial charge in [0, 0.05) is 19.2 Å². The number of hydrogen-bond acceptors (Lipinski definition) is 5. The van der Waals surface area contributed by atoms with Crippen LogP contribution < -0.4 is 19.5 Å². The lowest BCUT2D eigenvalue weighted by Crippen LogP contribution is -2.35. The Bertz CT molecular complexity index is 648. The van der Waals surface area contributed by atoms with E-state index in [2.05, 4.69) is 10.3 Å². The number of pyridine rings is 1. The van der Waals surface area contributed by atoms with Gasteiger partial charge in [0.05, 0.1) is 6.20 Å². The third-order valence-electron chi connectivity index (χ3n) is 3.36. The zero-order valence-electron chi connectivity index (χ0n) is 12.6. The molecular weight excluding hydrogens is 296 g/mol. The molecule has 0 saturated carbocycles. The van der Waals surface area contributed by atoms with Crippen LogP contribution in [-0.2, 0) is 4.79 Å². The molecule has 0 bridgehead atoms. The topological polar surface area (TPSA) is 69.7 Å². The lowest BCUT2D eigenvalue weighted by molar-refractivity contribution is -0.123. The van der Waals surface area contributed by atoms with Gasteiger partial charge in [-0.1, -0.05) is 12.1 Å². The fourth-order valence-electron chi connectivity index (χ4n) is 2.21. The Hall–Kier alpha value is -2.76. The SMILES string of the molecule is O=C(COc1cccnc1)NCCC1COc2ccccc2O1. The van der Waals surface area contributed by atoms with Crippen molar-refractivity contribution in [1.82, 2.24) is 10.3 Å². The molecule has 0 radical (unpaired) electrons. The Balaban J connectivity index is 1.36. The minimum Gasteiger partial charge on any atom is -0.486 e. The van der Waals surface area contributed by atoms with Gasteiger partial charge in [-0.2, -0.15) is 0 Å². The maximum Gasteiger partial charge on any atom is 0.257 e. The zero-order chi connectivity index (χ0) is 15.9. The van der Waals surface area contributed by atoms with E-state index in [1.807, 2.05) is 24.3 Å². The summed E-state index contributed by atoms with van der Waals surface area (Å²) in [6, 6.07) is 11.1. The summed E-state index contributed by atoms with van der Waals surface area (Å²) in [5, 5.41) is 2.80. The number of para-hydroxylation sites is 2. The molecule has 1 aliphatic rings. The molecule has 1 unspecified atom stereocenters. The van der Waals surface area contributed by atoms with Crippen molar-refractivity contribution in [1.29, 1.82) is 0 Å². The minimum absolute atomic E-state index is 0.0312. The highest BCUT2D eigenvalue weighted by atomic mass is 16.6. The second-order valence-electron chi connectivity index (χ2n) is 5.11. The van der Waals surface area contributed by atoms with Gasteiger partial charge in [-0.3, -0.25) is 9.78 Å². The smallest absolute Gasteiger partial charge is 0.257 e. The first-order valence-electron chi connectivity index (χ1n) is 7.49. The Morgan fingerprint density at radius 1 is 1.26 bits per heavy atom.